The molecule has 1 unspecified atom stereocenters. The van der Waals surface area contributed by atoms with Crippen molar-refractivity contribution in [3.63, 3.8) is 0 Å². The molecule has 6 nitrogen and oxygen atoms in total. The van der Waals surface area contributed by atoms with Crippen molar-refractivity contribution in [2.24, 2.45) is 7.05 Å². The predicted octanol–water partition coefficient (Wildman–Crippen LogP) is -0.899. The quantitative estimate of drug-likeness (QED) is 0.541. The van der Waals surface area contributed by atoms with Gasteiger partial charge in [-0.2, -0.15) is 0 Å². The Morgan fingerprint density at radius 3 is 3.14 bits per heavy atom. The number of fused-ring (bicyclic) bond motifs is 1. The summed E-state index contributed by atoms with van der Waals surface area (Å²) in [6.07, 6.45) is 0.436. The van der Waals surface area contributed by atoms with Crippen molar-refractivity contribution in [3.05, 3.63) is 11.4 Å². The van der Waals surface area contributed by atoms with Crippen molar-refractivity contribution >= 4 is 11.9 Å². The molecule has 1 aliphatic rings. The minimum Gasteiger partial charge on any atom is -0.480 e. The summed E-state index contributed by atoms with van der Waals surface area (Å²) in [6, 6.07) is -0.530. The third-order valence-electron chi connectivity index (χ3n) is 2.54. The van der Waals surface area contributed by atoms with Crippen LogP contribution in [0.4, 0.5) is 5.95 Å². The fourth-order valence-corrected chi connectivity index (χ4v) is 1.67. The Bertz CT molecular complexity index is 385. The minimum atomic E-state index is -0.838. The molecule has 1 aromatic heterocycles. The van der Waals surface area contributed by atoms with Gasteiger partial charge >= 0.3 is 5.97 Å². The molecule has 0 radical (unpaired) electrons. The first-order chi connectivity index (χ1) is 6.59. The molecule has 2 heterocycles. The van der Waals surface area contributed by atoms with Crippen molar-refractivity contribution in [1.29, 1.82) is 0 Å². The molecule has 0 saturated carbocycles. The van der Waals surface area contributed by atoms with Gasteiger partial charge < -0.3 is 15.4 Å². The molecular weight excluding hydrogens is 184 g/mol. The van der Waals surface area contributed by atoms with Gasteiger partial charge in [0.1, 0.15) is 6.04 Å². The summed E-state index contributed by atoms with van der Waals surface area (Å²) < 4.78 is 1.74. The number of hydrogen-bond donors (Lipinski definition) is 3. The van der Waals surface area contributed by atoms with Crippen molar-refractivity contribution in [3.8, 4) is 0 Å². The van der Waals surface area contributed by atoms with Gasteiger partial charge in [-0.3, -0.25) is 10.1 Å². The van der Waals surface area contributed by atoms with Gasteiger partial charge in [0.05, 0.1) is 5.69 Å². The average molecular weight is 196 g/mol. The molecule has 0 aromatic carbocycles. The smallest absolute Gasteiger partial charge is 0.321 e. The van der Waals surface area contributed by atoms with Gasteiger partial charge in [0.2, 0.25) is 0 Å². The lowest BCUT2D eigenvalue weighted by Crippen LogP contribution is -2.42. The van der Waals surface area contributed by atoms with Crippen LogP contribution in [0.15, 0.2) is 0 Å². The lowest BCUT2D eigenvalue weighted by atomic mass is 10.1. The van der Waals surface area contributed by atoms with E-state index in [2.05, 4.69) is 10.3 Å². The first kappa shape index (κ1) is 9.01. The van der Waals surface area contributed by atoms with Crippen LogP contribution in [0.3, 0.4) is 0 Å². The highest BCUT2D eigenvalue weighted by atomic mass is 16.4. The summed E-state index contributed by atoms with van der Waals surface area (Å²) in [5.41, 5.74) is 7.38. The zero-order valence-electron chi connectivity index (χ0n) is 7.82. The third-order valence-corrected chi connectivity index (χ3v) is 2.54. The number of rotatable bonds is 1. The van der Waals surface area contributed by atoms with Crippen LogP contribution in [0.1, 0.15) is 11.4 Å². The molecular formula is C8H12N4O2. The molecule has 14 heavy (non-hydrogen) atoms. The van der Waals surface area contributed by atoms with E-state index in [1.807, 2.05) is 0 Å². The van der Waals surface area contributed by atoms with Crippen LogP contribution >= 0.6 is 0 Å². The van der Waals surface area contributed by atoms with Gasteiger partial charge in [0.25, 0.3) is 0 Å². The highest BCUT2D eigenvalue weighted by Gasteiger charge is 2.27. The predicted molar refractivity (Wildman–Crippen MR) is 49.6 cm³/mol. The molecule has 0 aliphatic carbocycles. The SMILES string of the molecule is Cn1c(N)nc2c1CC(C(=O)O)NC2. The Hall–Kier alpha value is -1.56. The van der Waals surface area contributed by atoms with Gasteiger partial charge in [0.15, 0.2) is 5.95 Å². The number of hydrogen-bond acceptors (Lipinski definition) is 4. The second kappa shape index (κ2) is 2.98. The minimum absolute atomic E-state index is 0.433. The van der Waals surface area contributed by atoms with Crippen molar-refractivity contribution in [1.82, 2.24) is 14.9 Å². The summed E-state index contributed by atoms with van der Waals surface area (Å²) in [5.74, 6) is -0.404. The number of aliphatic carboxylic acids is 1. The zero-order chi connectivity index (χ0) is 10.3. The van der Waals surface area contributed by atoms with E-state index in [4.69, 9.17) is 10.8 Å². The van der Waals surface area contributed by atoms with E-state index >= 15 is 0 Å². The van der Waals surface area contributed by atoms with E-state index in [0.717, 1.165) is 11.4 Å². The maximum atomic E-state index is 10.8. The van der Waals surface area contributed by atoms with E-state index in [0.29, 0.717) is 18.9 Å². The number of imidazole rings is 1. The van der Waals surface area contributed by atoms with Crippen molar-refractivity contribution < 1.29 is 9.90 Å². The second-order valence-electron chi connectivity index (χ2n) is 3.40. The number of nitrogen functional groups attached to an aromatic ring is 1. The Balaban J connectivity index is 2.33. The van der Waals surface area contributed by atoms with Gasteiger partial charge in [0, 0.05) is 25.7 Å². The summed E-state index contributed by atoms with van der Waals surface area (Å²) in [6.45, 7) is 0.470. The summed E-state index contributed by atoms with van der Waals surface area (Å²) in [5, 5.41) is 11.7. The molecule has 0 fully saturated rings. The molecule has 1 aliphatic heterocycles. The van der Waals surface area contributed by atoms with Crippen LogP contribution < -0.4 is 11.1 Å². The van der Waals surface area contributed by atoms with Crippen LogP contribution in [-0.2, 0) is 24.8 Å². The molecule has 1 aromatic rings. The van der Waals surface area contributed by atoms with Gasteiger partial charge in [-0.25, -0.2) is 4.98 Å². The highest BCUT2D eigenvalue weighted by Crippen LogP contribution is 2.18. The Kier molecular flexibility index (Phi) is 1.92. The largest absolute Gasteiger partial charge is 0.480 e. The number of carboxylic acids is 1. The monoisotopic (exact) mass is 196 g/mol. The lowest BCUT2D eigenvalue weighted by Gasteiger charge is -2.20. The first-order valence-corrected chi connectivity index (χ1v) is 4.35. The second-order valence-corrected chi connectivity index (χ2v) is 3.40. The van der Waals surface area contributed by atoms with E-state index < -0.39 is 12.0 Å². The number of carbonyl (C=O) groups is 1. The third kappa shape index (κ3) is 1.24. The number of nitrogens with zero attached hydrogens (tertiary/aromatic N) is 2. The standard InChI is InChI=1S/C8H12N4O2/c1-12-6-2-4(7(13)14)10-3-5(6)11-8(12)9/h4,10H,2-3H2,1H3,(H2,9,11)(H,13,14). The molecule has 6 heteroatoms. The van der Waals surface area contributed by atoms with Crippen LogP contribution in [0, 0.1) is 0 Å². The topological polar surface area (TPSA) is 93.2 Å². The van der Waals surface area contributed by atoms with E-state index in [1.165, 1.54) is 0 Å². The molecule has 4 N–H and O–H groups in total. The molecule has 0 amide bonds. The molecule has 0 bridgehead atoms. The van der Waals surface area contributed by atoms with Gasteiger partial charge in [-0.05, 0) is 0 Å². The first-order valence-electron chi connectivity index (χ1n) is 4.35. The molecule has 76 valence electrons. The fourth-order valence-electron chi connectivity index (χ4n) is 1.67. The lowest BCUT2D eigenvalue weighted by molar-refractivity contribution is -0.139. The number of aromatic nitrogens is 2. The van der Waals surface area contributed by atoms with Gasteiger partial charge in [-0.15, -0.1) is 0 Å². The number of nitrogens with one attached hydrogen (secondary N) is 1. The van der Waals surface area contributed by atoms with Crippen LogP contribution in [-0.4, -0.2) is 26.7 Å². The maximum absolute atomic E-state index is 10.8. The summed E-state index contributed by atoms with van der Waals surface area (Å²) in [7, 11) is 1.80. The zero-order valence-corrected chi connectivity index (χ0v) is 7.82. The molecule has 2 rings (SSSR count). The Morgan fingerprint density at radius 1 is 1.79 bits per heavy atom. The normalized spacial score (nSPS) is 20.5. The Labute approximate surface area is 80.7 Å². The van der Waals surface area contributed by atoms with E-state index in [9.17, 15) is 4.79 Å². The van der Waals surface area contributed by atoms with Crippen molar-refractivity contribution in [2.45, 2.75) is 19.0 Å². The van der Waals surface area contributed by atoms with Gasteiger partial charge in [-0.1, -0.05) is 0 Å². The summed E-state index contributed by atoms with van der Waals surface area (Å²) >= 11 is 0. The Morgan fingerprint density at radius 2 is 2.50 bits per heavy atom. The average Bonchev–Trinajstić information content (AvgIpc) is 2.43. The number of carboxylic acid groups (broad SMARTS) is 1. The molecule has 0 saturated heterocycles. The maximum Gasteiger partial charge on any atom is 0.321 e. The molecule has 0 spiro atoms. The van der Waals surface area contributed by atoms with Crippen molar-refractivity contribution in [2.75, 3.05) is 5.73 Å². The number of nitrogens with two attached hydrogens (primary N) is 1. The van der Waals surface area contributed by atoms with E-state index in [1.54, 1.807) is 11.6 Å². The van der Waals surface area contributed by atoms with E-state index in [-0.39, 0.29) is 0 Å². The highest BCUT2D eigenvalue weighted by molar-refractivity contribution is 5.74. The van der Waals surface area contributed by atoms with Crippen LogP contribution in [0.2, 0.25) is 0 Å². The fraction of sp³-hybridized carbons (Fsp3) is 0.500. The van der Waals surface area contributed by atoms with Crippen LogP contribution in [0.5, 0.6) is 0 Å². The molecule has 1 atom stereocenters. The summed E-state index contributed by atoms with van der Waals surface area (Å²) in [4.78, 5) is 14.9. The number of anilines is 1. The van der Waals surface area contributed by atoms with Crippen LogP contribution in [0.25, 0.3) is 0 Å².